The molecule has 1 saturated heterocycles. The summed E-state index contributed by atoms with van der Waals surface area (Å²) in [5.41, 5.74) is 1.83. The molecule has 5 heteroatoms. The number of methoxy groups -OCH3 is 1. The molecule has 1 heterocycles. The Labute approximate surface area is 118 Å². The monoisotopic (exact) mass is 276 g/mol. The van der Waals surface area contributed by atoms with E-state index in [2.05, 4.69) is 10.6 Å². The number of nitrogens with one attached hydrogen (secondary N) is 2. The zero-order valence-electron chi connectivity index (χ0n) is 11.9. The Hall–Kier alpha value is -1.88. The van der Waals surface area contributed by atoms with E-state index in [0.29, 0.717) is 11.3 Å². The zero-order valence-corrected chi connectivity index (χ0v) is 11.9. The zero-order chi connectivity index (χ0) is 14.5. The van der Waals surface area contributed by atoms with Gasteiger partial charge in [-0.15, -0.1) is 0 Å². The van der Waals surface area contributed by atoms with Crippen molar-refractivity contribution in [2.24, 2.45) is 0 Å². The van der Waals surface area contributed by atoms with Crippen molar-refractivity contribution in [3.8, 4) is 0 Å². The smallest absolute Gasteiger partial charge is 0.339 e. The maximum Gasteiger partial charge on any atom is 0.339 e. The highest BCUT2D eigenvalue weighted by molar-refractivity contribution is 6.02. The van der Waals surface area contributed by atoms with Crippen molar-refractivity contribution >= 4 is 17.6 Å². The highest BCUT2D eigenvalue weighted by Gasteiger charge is 2.22. The standard InChI is InChI=1S/C15H20N2O3/c1-10-6-7-12(11(9-10)15(19)20-2)17-14(18)13-5-3-4-8-16-13/h6-7,9,13,16H,3-5,8H2,1-2H3,(H,17,18)/t13-/m0/s1. The van der Waals surface area contributed by atoms with Gasteiger partial charge < -0.3 is 15.4 Å². The summed E-state index contributed by atoms with van der Waals surface area (Å²) in [5, 5.41) is 6.01. The van der Waals surface area contributed by atoms with Crippen molar-refractivity contribution in [2.45, 2.75) is 32.2 Å². The number of hydrogen-bond acceptors (Lipinski definition) is 4. The van der Waals surface area contributed by atoms with Gasteiger partial charge in [0.25, 0.3) is 0 Å². The SMILES string of the molecule is COC(=O)c1cc(C)ccc1NC(=O)[C@@H]1CCCCN1. The van der Waals surface area contributed by atoms with Crippen molar-refractivity contribution in [2.75, 3.05) is 19.0 Å². The lowest BCUT2D eigenvalue weighted by Crippen LogP contribution is -2.43. The quantitative estimate of drug-likeness (QED) is 0.827. The van der Waals surface area contributed by atoms with Crippen LogP contribution in [0.1, 0.15) is 35.2 Å². The fraction of sp³-hybridized carbons (Fsp3) is 0.467. The van der Waals surface area contributed by atoms with Crippen molar-refractivity contribution in [1.82, 2.24) is 5.32 Å². The summed E-state index contributed by atoms with van der Waals surface area (Å²) in [6.07, 6.45) is 2.97. The first kappa shape index (κ1) is 14.5. The molecule has 0 spiro atoms. The molecule has 0 bridgehead atoms. The van der Waals surface area contributed by atoms with E-state index in [0.717, 1.165) is 31.4 Å². The Morgan fingerprint density at radius 1 is 1.35 bits per heavy atom. The Kier molecular flexibility index (Phi) is 4.74. The number of amides is 1. The summed E-state index contributed by atoms with van der Waals surface area (Å²) in [5.74, 6) is -0.542. The average Bonchev–Trinajstić information content (AvgIpc) is 2.49. The van der Waals surface area contributed by atoms with Gasteiger partial charge in [0.15, 0.2) is 0 Å². The van der Waals surface area contributed by atoms with Gasteiger partial charge in [-0.3, -0.25) is 4.79 Å². The lowest BCUT2D eigenvalue weighted by molar-refractivity contribution is -0.118. The largest absolute Gasteiger partial charge is 0.465 e. The molecule has 1 amide bonds. The fourth-order valence-electron chi connectivity index (χ4n) is 2.34. The van der Waals surface area contributed by atoms with Crippen LogP contribution in [0.2, 0.25) is 0 Å². The first-order valence-electron chi connectivity index (χ1n) is 6.85. The van der Waals surface area contributed by atoms with E-state index in [1.54, 1.807) is 12.1 Å². The van der Waals surface area contributed by atoms with Crippen LogP contribution in [0.3, 0.4) is 0 Å². The third-order valence-corrected chi connectivity index (χ3v) is 3.47. The molecule has 108 valence electrons. The van der Waals surface area contributed by atoms with Gasteiger partial charge in [0.2, 0.25) is 5.91 Å². The summed E-state index contributed by atoms with van der Waals surface area (Å²) in [4.78, 5) is 23.9. The maximum atomic E-state index is 12.2. The number of carbonyl (C=O) groups is 2. The Bertz CT molecular complexity index is 508. The molecule has 1 aromatic carbocycles. The van der Waals surface area contributed by atoms with Gasteiger partial charge in [-0.1, -0.05) is 18.1 Å². The highest BCUT2D eigenvalue weighted by atomic mass is 16.5. The first-order chi connectivity index (χ1) is 9.61. The second-order valence-electron chi connectivity index (χ2n) is 5.03. The molecule has 1 atom stereocenters. The van der Waals surface area contributed by atoms with Gasteiger partial charge in [0.05, 0.1) is 24.4 Å². The fourth-order valence-corrected chi connectivity index (χ4v) is 2.34. The number of ether oxygens (including phenoxy) is 1. The Balaban J connectivity index is 2.15. The van der Waals surface area contributed by atoms with Gasteiger partial charge in [0.1, 0.15) is 0 Å². The van der Waals surface area contributed by atoms with Crippen molar-refractivity contribution in [1.29, 1.82) is 0 Å². The van der Waals surface area contributed by atoms with Gasteiger partial charge in [-0.05, 0) is 38.4 Å². The number of aryl methyl sites for hydroxylation is 1. The van der Waals surface area contributed by atoms with Gasteiger partial charge in [-0.2, -0.15) is 0 Å². The predicted octanol–water partition coefficient (Wildman–Crippen LogP) is 1.86. The number of esters is 1. The van der Waals surface area contributed by atoms with Crippen LogP contribution in [0.25, 0.3) is 0 Å². The number of hydrogen-bond donors (Lipinski definition) is 2. The topological polar surface area (TPSA) is 67.4 Å². The van der Waals surface area contributed by atoms with Gasteiger partial charge >= 0.3 is 5.97 Å². The Morgan fingerprint density at radius 3 is 2.80 bits per heavy atom. The molecule has 0 saturated carbocycles. The van der Waals surface area contributed by atoms with Crippen LogP contribution in [-0.4, -0.2) is 31.6 Å². The molecule has 1 aromatic rings. The molecule has 0 aliphatic carbocycles. The van der Waals surface area contributed by atoms with E-state index in [1.807, 2.05) is 13.0 Å². The van der Waals surface area contributed by atoms with Crippen LogP contribution in [0, 0.1) is 6.92 Å². The van der Waals surface area contributed by atoms with Crippen LogP contribution in [0.15, 0.2) is 18.2 Å². The number of carbonyl (C=O) groups excluding carboxylic acids is 2. The molecule has 0 aromatic heterocycles. The van der Waals surface area contributed by atoms with E-state index in [4.69, 9.17) is 4.74 Å². The third-order valence-electron chi connectivity index (χ3n) is 3.47. The minimum atomic E-state index is -0.444. The predicted molar refractivity (Wildman–Crippen MR) is 76.8 cm³/mol. The second kappa shape index (κ2) is 6.52. The van der Waals surface area contributed by atoms with Crippen LogP contribution < -0.4 is 10.6 Å². The summed E-state index contributed by atoms with van der Waals surface area (Å²) >= 11 is 0. The number of rotatable bonds is 3. The molecule has 5 nitrogen and oxygen atoms in total. The molecule has 20 heavy (non-hydrogen) atoms. The molecular weight excluding hydrogens is 256 g/mol. The molecule has 2 rings (SSSR count). The van der Waals surface area contributed by atoms with Crippen molar-refractivity contribution in [3.05, 3.63) is 29.3 Å². The minimum absolute atomic E-state index is 0.0984. The molecular formula is C15H20N2O3. The number of benzene rings is 1. The molecule has 1 fully saturated rings. The Morgan fingerprint density at radius 2 is 2.15 bits per heavy atom. The number of piperidine rings is 1. The molecule has 2 N–H and O–H groups in total. The molecule has 1 aliphatic heterocycles. The van der Waals surface area contributed by atoms with E-state index in [9.17, 15) is 9.59 Å². The third kappa shape index (κ3) is 3.36. The molecule has 0 unspecified atom stereocenters. The summed E-state index contributed by atoms with van der Waals surface area (Å²) in [6.45, 7) is 2.75. The first-order valence-corrected chi connectivity index (χ1v) is 6.85. The van der Waals surface area contributed by atoms with E-state index in [1.165, 1.54) is 7.11 Å². The highest BCUT2D eigenvalue weighted by Crippen LogP contribution is 2.19. The van der Waals surface area contributed by atoms with Gasteiger partial charge in [0, 0.05) is 0 Å². The van der Waals surface area contributed by atoms with E-state index in [-0.39, 0.29) is 11.9 Å². The van der Waals surface area contributed by atoms with Crippen molar-refractivity contribution < 1.29 is 14.3 Å². The summed E-state index contributed by atoms with van der Waals surface area (Å²) < 4.78 is 4.75. The summed E-state index contributed by atoms with van der Waals surface area (Å²) in [6, 6.07) is 5.13. The van der Waals surface area contributed by atoms with Gasteiger partial charge in [-0.25, -0.2) is 4.79 Å². The van der Waals surface area contributed by atoms with Crippen LogP contribution in [0.4, 0.5) is 5.69 Å². The second-order valence-corrected chi connectivity index (χ2v) is 5.03. The van der Waals surface area contributed by atoms with Crippen LogP contribution in [0.5, 0.6) is 0 Å². The average molecular weight is 276 g/mol. The number of anilines is 1. The van der Waals surface area contributed by atoms with Crippen LogP contribution in [-0.2, 0) is 9.53 Å². The maximum absolute atomic E-state index is 12.2. The van der Waals surface area contributed by atoms with E-state index < -0.39 is 5.97 Å². The van der Waals surface area contributed by atoms with Crippen molar-refractivity contribution in [3.63, 3.8) is 0 Å². The molecule has 0 radical (unpaired) electrons. The molecule has 1 aliphatic rings. The summed E-state index contributed by atoms with van der Waals surface area (Å²) in [7, 11) is 1.33. The lowest BCUT2D eigenvalue weighted by atomic mass is 10.0. The lowest BCUT2D eigenvalue weighted by Gasteiger charge is -2.23. The normalized spacial score (nSPS) is 18.4. The van der Waals surface area contributed by atoms with Crippen LogP contribution >= 0.6 is 0 Å². The van der Waals surface area contributed by atoms with E-state index >= 15 is 0 Å². The minimum Gasteiger partial charge on any atom is -0.465 e.